The summed E-state index contributed by atoms with van der Waals surface area (Å²) in [6.45, 7) is 2.35. The van der Waals surface area contributed by atoms with Gasteiger partial charge in [-0.1, -0.05) is 31.2 Å². The topological polar surface area (TPSA) is 38.7 Å². The highest BCUT2D eigenvalue weighted by Gasteiger charge is 2.72. The van der Waals surface area contributed by atoms with Gasteiger partial charge in [-0.2, -0.15) is 0 Å². The quantitative estimate of drug-likeness (QED) is 0.780. The molecule has 4 aliphatic rings. The van der Waals surface area contributed by atoms with Crippen LogP contribution in [0.3, 0.4) is 0 Å². The molecule has 2 unspecified atom stereocenters. The lowest BCUT2D eigenvalue weighted by Crippen LogP contribution is -2.62. The second-order valence-electron chi connectivity index (χ2n) is 8.76. The van der Waals surface area contributed by atoms with Gasteiger partial charge in [0.15, 0.2) is 5.60 Å². The smallest absolute Gasteiger partial charge is 0.230 e. The Kier molecular flexibility index (Phi) is 3.25. The van der Waals surface area contributed by atoms with Crippen LogP contribution in [-0.4, -0.2) is 23.6 Å². The Hall–Kier alpha value is -1.32. The molecular weight excluding hydrogens is 312 g/mol. The van der Waals surface area contributed by atoms with Gasteiger partial charge in [0.25, 0.3) is 0 Å². The molecule has 1 aromatic carbocycles. The SMILES string of the molecule is COC1(O)C=COC12CC[C@H]1[C@@H]3CCc4ccccc4[C@H]3CC[C@@]12C. The van der Waals surface area contributed by atoms with Crippen LogP contribution in [0.15, 0.2) is 36.6 Å². The lowest BCUT2D eigenvalue weighted by molar-refractivity contribution is -0.281. The van der Waals surface area contributed by atoms with Crippen LogP contribution in [0.5, 0.6) is 0 Å². The van der Waals surface area contributed by atoms with Gasteiger partial charge in [0.1, 0.15) is 0 Å². The number of ether oxygens (including phenoxy) is 2. The Bertz CT molecular complexity index is 728. The maximum absolute atomic E-state index is 11.2. The molecule has 3 aliphatic carbocycles. The molecule has 2 saturated carbocycles. The van der Waals surface area contributed by atoms with E-state index >= 15 is 0 Å². The maximum Gasteiger partial charge on any atom is 0.230 e. The number of rotatable bonds is 1. The molecule has 2 fully saturated rings. The van der Waals surface area contributed by atoms with Gasteiger partial charge in [0, 0.05) is 18.6 Å². The van der Waals surface area contributed by atoms with Crippen molar-refractivity contribution < 1.29 is 14.6 Å². The van der Waals surface area contributed by atoms with E-state index in [2.05, 4.69) is 31.2 Å². The summed E-state index contributed by atoms with van der Waals surface area (Å²) in [4.78, 5) is 0. The summed E-state index contributed by atoms with van der Waals surface area (Å²) in [5.41, 5.74) is 2.46. The molecule has 1 aromatic rings. The highest BCUT2D eigenvalue weighted by Crippen LogP contribution is 2.68. The van der Waals surface area contributed by atoms with Crippen LogP contribution in [0.1, 0.15) is 56.1 Å². The molecule has 1 heterocycles. The third kappa shape index (κ3) is 1.79. The van der Waals surface area contributed by atoms with Crippen molar-refractivity contribution in [1.82, 2.24) is 0 Å². The fraction of sp³-hybridized carbons (Fsp3) is 0.636. The third-order valence-corrected chi connectivity index (χ3v) is 8.21. The Morgan fingerprint density at radius 3 is 2.84 bits per heavy atom. The minimum Gasteiger partial charge on any atom is -0.488 e. The molecule has 0 saturated heterocycles. The van der Waals surface area contributed by atoms with Crippen LogP contribution >= 0.6 is 0 Å². The van der Waals surface area contributed by atoms with E-state index in [0.29, 0.717) is 17.8 Å². The van der Waals surface area contributed by atoms with E-state index in [-0.39, 0.29) is 5.41 Å². The first-order valence-corrected chi connectivity index (χ1v) is 9.75. The van der Waals surface area contributed by atoms with E-state index in [4.69, 9.17) is 9.47 Å². The molecule has 1 spiro atoms. The number of hydrogen-bond donors (Lipinski definition) is 1. The number of fused-ring (bicyclic) bond motifs is 6. The average molecular weight is 340 g/mol. The zero-order valence-corrected chi connectivity index (χ0v) is 15.2. The molecule has 1 aliphatic heterocycles. The van der Waals surface area contributed by atoms with Crippen molar-refractivity contribution in [1.29, 1.82) is 0 Å². The predicted octanol–water partition coefficient (Wildman–Crippen LogP) is 4.16. The second kappa shape index (κ2) is 5.11. The first-order valence-electron chi connectivity index (χ1n) is 9.75. The summed E-state index contributed by atoms with van der Waals surface area (Å²) in [5.74, 6) is 0.651. The summed E-state index contributed by atoms with van der Waals surface area (Å²) in [7, 11) is 1.60. The average Bonchev–Trinajstić information content (AvgIpc) is 3.14. The second-order valence-corrected chi connectivity index (χ2v) is 8.76. The number of methoxy groups -OCH3 is 1. The lowest BCUT2D eigenvalue weighted by atomic mass is 9.52. The fourth-order valence-corrected chi connectivity index (χ4v) is 7.00. The van der Waals surface area contributed by atoms with Crippen molar-refractivity contribution >= 4 is 0 Å². The van der Waals surface area contributed by atoms with Crippen molar-refractivity contribution in [3.63, 3.8) is 0 Å². The first kappa shape index (κ1) is 15.9. The van der Waals surface area contributed by atoms with E-state index in [1.54, 1.807) is 30.6 Å². The molecule has 3 nitrogen and oxygen atoms in total. The molecule has 0 amide bonds. The highest BCUT2D eigenvalue weighted by atomic mass is 16.7. The molecule has 5 rings (SSSR count). The van der Waals surface area contributed by atoms with Crippen molar-refractivity contribution in [2.24, 2.45) is 17.3 Å². The van der Waals surface area contributed by atoms with Crippen molar-refractivity contribution in [3.8, 4) is 0 Å². The predicted molar refractivity (Wildman–Crippen MR) is 96.0 cm³/mol. The van der Waals surface area contributed by atoms with Crippen LogP contribution in [0.2, 0.25) is 0 Å². The Balaban J connectivity index is 1.54. The van der Waals surface area contributed by atoms with Gasteiger partial charge in [-0.05, 0) is 67.4 Å². The van der Waals surface area contributed by atoms with Crippen LogP contribution in [-0.2, 0) is 15.9 Å². The monoisotopic (exact) mass is 340 g/mol. The molecule has 3 heteroatoms. The molecule has 6 atom stereocenters. The van der Waals surface area contributed by atoms with Crippen LogP contribution in [0.25, 0.3) is 0 Å². The largest absolute Gasteiger partial charge is 0.488 e. The minimum atomic E-state index is -1.30. The van der Waals surface area contributed by atoms with Crippen molar-refractivity contribution in [2.75, 3.05) is 7.11 Å². The summed E-state index contributed by atoms with van der Waals surface area (Å²) in [6, 6.07) is 9.02. The zero-order chi connectivity index (χ0) is 17.3. The van der Waals surface area contributed by atoms with Gasteiger partial charge >= 0.3 is 0 Å². The number of benzene rings is 1. The van der Waals surface area contributed by atoms with Gasteiger partial charge in [-0.25, -0.2) is 0 Å². The van der Waals surface area contributed by atoms with E-state index in [1.807, 2.05) is 0 Å². The molecule has 25 heavy (non-hydrogen) atoms. The maximum atomic E-state index is 11.2. The van der Waals surface area contributed by atoms with E-state index < -0.39 is 11.4 Å². The van der Waals surface area contributed by atoms with Gasteiger partial charge in [-0.3, -0.25) is 0 Å². The molecule has 0 bridgehead atoms. The Labute approximate surface area is 150 Å². The standard InChI is InChI=1S/C22H28O3/c1-20-11-9-17-16-6-4-3-5-15(16)7-8-18(17)19(20)10-12-21(20)22(23,24-2)13-14-25-21/h3-6,13-14,17-19,23H,7-12H2,1-2H3/t17-,18-,19+,20+,21?,22?/m1/s1. The summed E-state index contributed by atoms with van der Waals surface area (Å²) < 4.78 is 11.8. The number of aliphatic hydroxyl groups is 1. The minimum absolute atomic E-state index is 0.0469. The summed E-state index contributed by atoms with van der Waals surface area (Å²) >= 11 is 0. The number of hydrogen-bond acceptors (Lipinski definition) is 3. The molecular formula is C22H28O3. The van der Waals surface area contributed by atoms with E-state index in [9.17, 15) is 5.11 Å². The summed E-state index contributed by atoms with van der Waals surface area (Å²) in [6.07, 6.45) is 10.1. The first-order chi connectivity index (χ1) is 12.0. The molecule has 0 radical (unpaired) electrons. The lowest BCUT2D eigenvalue weighted by Gasteiger charge is -2.55. The van der Waals surface area contributed by atoms with Gasteiger partial charge < -0.3 is 14.6 Å². The molecule has 0 aromatic heterocycles. The van der Waals surface area contributed by atoms with E-state index in [0.717, 1.165) is 19.3 Å². The van der Waals surface area contributed by atoms with Gasteiger partial charge in [0.05, 0.1) is 6.26 Å². The van der Waals surface area contributed by atoms with Crippen LogP contribution < -0.4 is 0 Å². The Morgan fingerprint density at radius 1 is 1.16 bits per heavy atom. The van der Waals surface area contributed by atoms with Crippen LogP contribution in [0.4, 0.5) is 0 Å². The fourth-order valence-electron chi connectivity index (χ4n) is 7.00. The Morgan fingerprint density at radius 2 is 2.00 bits per heavy atom. The van der Waals surface area contributed by atoms with Gasteiger partial charge in [0.2, 0.25) is 5.79 Å². The van der Waals surface area contributed by atoms with Crippen LogP contribution in [0, 0.1) is 17.3 Å². The summed E-state index contributed by atoms with van der Waals surface area (Å²) in [5, 5.41) is 11.2. The zero-order valence-electron chi connectivity index (χ0n) is 15.2. The van der Waals surface area contributed by atoms with Gasteiger partial charge in [-0.15, -0.1) is 0 Å². The van der Waals surface area contributed by atoms with Crippen molar-refractivity contribution in [3.05, 3.63) is 47.7 Å². The third-order valence-electron chi connectivity index (χ3n) is 8.21. The highest BCUT2D eigenvalue weighted by molar-refractivity contribution is 5.36. The van der Waals surface area contributed by atoms with E-state index in [1.165, 1.54) is 19.3 Å². The normalized spacial score (nSPS) is 47.2. The molecule has 134 valence electrons. The molecule has 1 N–H and O–H groups in total. The van der Waals surface area contributed by atoms with Crippen molar-refractivity contribution in [2.45, 2.75) is 62.8 Å². The number of aryl methyl sites for hydroxylation is 1.